The topological polar surface area (TPSA) is 79.7 Å². The molecule has 2 heterocycles. The summed E-state index contributed by atoms with van der Waals surface area (Å²) >= 11 is 1.23. The molecule has 1 aliphatic heterocycles. The number of amides is 1. The van der Waals surface area contributed by atoms with Gasteiger partial charge in [0.05, 0.1) is 22.9 Å². The first-order valence-electron chi connectivity index (χ1n) is 10.5. The molecule has 34 heavy (non-hydrogen) atoms. The van der Waals surface area contributed by atoms with E-state index in [9.17, 15) is 19.1 Å². The maximum absolute atomic E-state index is 15.0. The lowest BCUT2D eigenvalue weighted by Gasteiger charge is -2.23. The molecule has 0 unspecified atom stereocenters. The number of fused-ring (bicyclic) bond motifs is 1. The molecule has 0 radical (unpaired) electrons. The van der Waals surface area contributed by atoms with Crippen molar-refractivity contribution in [1.29, 1.82) is 0 Å². The summed E-state index contributed by atoms with van der Waals surface area (Å²) in [7, 11) is 1.51. The van der Waals surface area contributed by atoms with Gasteiger partial charge in [0, 0.05) is 11.1 Å². The van der Waals surface area contributed by atoms with E-state index in [2.05, 4.69) is 4.98 Å². The van der Waals surface area contributed by atoms with Crippen LogP contribution in [-0.2, 0) is 9.59 Å². The van der Waals surface area contributed by atoms with Crippen molar-refractivity contribution < 1.29 is 23.8 Å². The van der Waals surface area contributed by atoms with E-state index >= 15 is 0 Å². The van der Waals surface area contributed by atoms with Gasteiger partial charge in [0.2, 0.25) is 0 Å². The number of ether oxygens (including phenoxy) is 1. The minimum absolute atomic E-state index is 0.0900. The number of ketones is 1. The molecule has 6 nitrogen and oxygen atoms in total. The second-order valence-corrected chi connectivity index (χ2v) is 8.90. The molecule has 4 aromatic rings. The van der Waals surface area contributed by atoms with E-state index in [4.69, 9.17) is 4.74 Å². The summed E-state index contributed by atoms with van der Waals surface area (Å²) in [6, 6.07) is 16.8. The van der Waals surface area contributed by atoms with Gasteiger partial charge >= 0.3 is 5.91 Å². The molecule has 0 bridgehead atoms. The highest BCUT2D eigenvalue weighted by Crippen LogP contribution is 2.45. The number of carbonyl (C=O) groups is 2. The average molecular weight is 475 g/mol. The number of halogens is 1. The molecule has 0 aliphatic carbocycles. The molecule has 1 aliphatic rings. The highest BCUT2D eigenvalue weighted by molar-refractivity contribution is 7.22. The summed E-state index contributed by atoms with van der Waals surface area (Å²) in [5.74, 6) is -2.21. The van der Waals surface area contributed by atoms with E-state index < -0.39 is 29.3 Å². The van der Waals surface area contributed by atoms with Crippen LogP contribution in [0.5, 0.6) is 5.75 Å². The van der Waals surface area contributed by atoms with Gasteiger partial charge < -0.3 is 9.84 Å². The van der Waals surface area contributed by atoms with Crippen molar-refractivity contribution in [2.75, 3.05) is 12.0 Å². The molecule has 1 aromatic heterocycles. The standard InChI is InChI=1S/C26H19FN2O4S/c1-14-7-12-19-20(13-14)34-26(28-19)29-22(17-5-3-4-6-18(17)27)21(24(31)25(29)32)23(30)15-8-10-16(33-2)11-9-15/h3-13,22,30H,1-2H3/b23-21+/t22-/m0/s1. The lowest BCUT2D eigenvalue weighted by atomic mass is 9.95. The fourth-order valence-electron chi connectivity index (χ4n) is 4.05. The average Bonchev–Trinajstić information content (AvgIpc) is 3.36. The summed E-state index contributed by atoms with van der Waals surface area (Å²) < 4.78 is 21.0. The summed E-state index contributed by atoms with van der Waals surface area (Å²) in [5.41, 5.74) is 1.88. The molecule has 3 aromatic carbocycles. The molecular formula is C26H19FN2O4S. The van der Waals surface area contributed by atoms with Crippen molar-refractivity contribution in [2.24, 2.45) is 0 Å². The summed E-state index contributed by atoms with van der Waals surface area (Å²) in [6.45, 7) is 1.94. The first-order chi connectivity index (χ1) is 16.4. The summed E-state index contributed by atoms with van der Waals surface area (Å²) in [4.78, 5) is 32.2. The van der Waals surface area contributed by atoms with Crippen LogP contribution in [0.2, 0.25) is 0 Å². The SMILES string of the molecule is COc1ccc(/C(O)=C2\C(=O)C(=O)N(c3nc4ccc(C)cc4s3)[C@H]2c2ccccc2F)cc1. The summed E-state index contributed by atoms with van der Waals surface area (Å²) in [5, 5.41) is 11.4. The third kappa shape index (κ3) is 3.52. The van der Waals surface area contributed by atoms with Gasteiger partial charge in [-0.3, -0.25) is 14.5 Å². The Morgan fingerprint density at radius 3 is 2.53 bits per heavy atom. The van der Waals surface area contributed by atoms with E-state index in [1.165, 1.54) is 41.5 Å². The fourth-order valence-corrected chi connectivity index (χ4v) is 5.14. The Morgan fingerprint density at radius 2 is 1.82 bits per heavy atom. The Labute approximate surface area is 198 Å². The zero-order chi connectivity index (χ0) is 24.0. The molecule has 0 saturated carbocycles. The second kappa shape index (κ2) is 8.39. The number of benzene rings is 3. The van der Waals surface area contributed by atoms with Gasteiger partial charge in [-0.2, -0.15) is 0 Å². The van der Waals surface area contributed by atoms with Crippen molar-refractivity contribution in [3.8, 4) is 5.75 Å². The normalized spacial score (nSPS) is 17.5. The number of anilines is 1. The van der Waals surface area contributed by atoms with Crippen molar-refractivity contribution >= 4 is 44.1 Å². The monoisotopic (exact) mass is 474 g/mol. The highest BCUT2D eigenvalue weighted by Gasteiger charge is 2.49. The number of aliphatic hydroxyl groups excluding tert-OH is 1. The number of aryl methyl sites for hydroxylation is 1. The zero-order valence-corrected chi connectivity index (χ0v) is 19.1. The Bertz CT molecular complexity index is 1480. The quantitative estimate of drug-likeness (QED) is 0.244. The van der Waals surface area contributed by atoms with E-state index in [0.29, 0.717) is 16.8 Å². The Kier molecular flexibility index (Phi) is 5.37. The van der Waals surface area contributed by atoms with Gasteiger partial charge in [-0.1, -0.05) is 35.6 Å². The number of aromatic nitrogens is 1. The van der Waals surface area contributed by atoms with Crippen molar-refractivity contribution in [3.63, 3.8) is 0 Å². The first-order valence-corrected chi connectivity index (χ1v) is 11.3. The van der Waals surface area contributed by atoms with E-state index in [0.717, 1.165) is 10.3 Å². The van der Waals surface area contributed by atoms with Crippen LogP contribution in [0.25, 0.3) is 16.0 Å². The smallest absolute Gasteiger partial charge is 0.301 e. The van der Waals surface area contributed by atoms with Crippen LogP contribution < -0.4 is 9.64 Å². The molecule has 1 fully saturated rings. The van der Waals surface area contributed by atoms with Gasteiger partial charge in [0.1, 0.15) is 23.4 Å². The third-order valence-corrected chi connectivity index (χ3v) is 6.76. The van der Waals surface area contributed by atoms with Gasteiger partial charge in [-0.15, -0.1) is 0 Å². The number of hydrogen-bond acceptors (Lipinski definition) is 6. The third-order valence-electron chi connectivity index (χ3n) is 5.75. The lowest BCUT2D eigenvalue weighted by Crippen LogP contribution is -2.29. The Morgan fingerprint density at radius 1 is 1.09 bits per heavy atom. The number of carbonyl (C=O) groups excluding carboxylic acids is 2. The highest BCUT2D eigenvalue weighted by atomic mass is 32.1. The lowest BCUT2D eigenvalue weighted by molar-refractivity contribution is -0.132. The van der Waals surface area contributed by atoms with Crippen LogP contribution in [0, 0.1) is 12.7 Å². The zero-order valence-electron chi connectivity index (χ0n) is 18.3. The molecule has 1 atom stereocenters. The molecule has 1 saturated heterocycles. The number of thiazole rings is 1. The predicted molar refractivity (Wildman–Crippen MR) is 129 cm³/mol. The van der Waals surface area contributed by atoms with Crippen LogP contribution in [0.1, 0.15) is 22.7 Å². The first kappa shape index (κ1) is 21.8. The summed E-state index contributed by atoms with van der Waals surface area (Å²) in [6.07, 6.45) is 0. The largest absolute Gasteiger partial charge is 0.507 e. The van der Waals surface area contributed by atoms with E-state index in [1.54, 1.807) is 30.3 Å². The van der Waals surface area contributed by atoms with Gasteiger partial charge in [-0.05, 0) is 55.0 Å². The number of hydrogen-bond donors (Lipinski definition) is 1. The number of nitrogens with zero attached hydrogens (tertiary/aromatic N) is 2. The van der Waals surface area contributed by atoms with Crippen LogP contribution in [0.4, 0.5) is 9.52 Å². The molecule has 0 spiro atoms. The second-order valence-electron chi connectivity index (χ2n) is 7.89. The molecule has 1 amide bonds. The number of aliphatic hydroxyl groups is 1. The minimum atomic E-state index is -1.18. The fraction of sp³-hybridized carbons (Fsp3) is 0.115. The molecule has 1 N–H and O–H groups in total. The van der Waals surface area contributed by atoms with Gasteiger partial charge in [-0.25, -0.2) is 9.37 Å². The number of Topliss-reactive ketones (excluding diaryl/α,β-unsaturated/α-hetero) is 1. The molecule has 170 valence electrons. The van der Waals surface area contributed by atoms with Gasteiger partial charge in [0.15, 0.2) is 5.13 Å². The predicted octanol–water partition coefficient (Wildman–Crippen LogP) is 5.38. The van der Waals surface area contributed by atoms with Gasteiger partial charge in [0.25, 0.3) is 5.78 Å². The Hall–Kier alpha value is -4.04. The maximum Gasteiger partial charge on any atom is 0.301 e. The molecule has 8 heteroatoms. The number of rotatable bonds is 4. The van der Waals surface area contributed by atoms with E-state index in [1.807, 2.05) is 25.1 Å². The molecule has 5 rings (SSSR count). The van der Waals surface area contributed by atoms with Crippen LogP contribution >= 0.6 is 11.3 Å². The number of methoxy groups -OCH3 is 1. The Balaban J connectivity index is 1.73. The minimum Gasteiger partial charge on any atom is -0.507 e. The van der Waals surface area contributed by atoms with Crippen LogP contribution in [0.15, 0.2) is 72.3 Å². The van der Waals surface area contributed by atoms with Crippen molar-refractivity contribution in [1.82, 2.24) is 4.98 Å². The maximum atomic E-state index is 15.0. The van der Waals surface area contributed by atoms with Crippen molar-refractivity contribution in [3.05, 3.63) is 94.8 Å². The van der Waals surface area contributed by atoms with E-state index in [-0.39, 0.29) is 16.3 Å². The van der Waals surface area contributed by atoms with Crippen molar-refractivity contribution in [2.45, 2.75) is 13.0 Å². The molecular weight excluding hydrogens is 455 g/mol. The van der Waals surface area contributed by atoms with Crippen LogP contribution in [-0.4, -0.2) is 28.9 Å². The van der Waals surface area contributed by atoms with Crippen LogP contribution in [0.3, 0.4) is 0 Å².